The number of ether oxygens (including phenoxy) is 1. The fourth-order valence-electron chi connectivity index (χ4n) is 1.82. The molecule has 0 spiro atoms. The molecule has 0 saturated heterocycles. The second kappa shape index (κ2) is 6.98. The molecule has 0 saturated carbocycles. The van der Waals surface area contributed by atoms with Crippen LogP contribution in [-0.2, 0) is 0 Å². The van der Waals surface area contributed by atoms with Crippen molar-refractivity contribution in [3.05, 3.63) is 28.7 Å². The van der Waals surface area contributed by atoms with Gasteiger partial charge in [0.1, 0.15) is 24.0 Å². The van der Waals surface area contributed by atoms with E-state index in [4.69, 9.17) is 4.74 Å². The molecule has 2 rings (SSSR count). The molecule has 0 bridgehead atoms. The lowest BCUT2D eigenvalue weighted by Gasteiger charge is -2.23. The summed E-state index contributed by atoms with van der Waals surface area (Å²) in [6.07, 6.45) is -0.616. The number of rotatable bonds is 5. The highest BCUT2D eigenvalue weighted by atomic mass is 35.5. The van der Waals surface area contributed by atoms with E-state index in [2.05, 4.69) is 15.3 Å². The van der Waals surface area contributed by atoms with Crippen LogP contribution in [0.15, 0.2) is 23.0 Å². The Morgan fingerprint density at radius 1 is 1.33 bits per heavy atom. The first kappa shape index (κ1) is 17.6. The second-order valence-corrected chi connectivity index (χ2v) is 5.85. The van der Waals surface area contributed by atoms with Gasteiger partial charge < -0.3 is 37.5 Å². The van der Waals surface area contributed by atoms with Crippen molar-refractivity contribution in [2.45, 2.75) is 32.4 Å². The van der Waals surface area contributed by atoms with Crippen molar-refractivity contribution >= 4 is 11.0 Å². The van der Waals surface area contributed by atoms with Gasteiger partial charge in [-0.25, -0.2) is 4.79 Å². The number of imidazole rings is 1. The molecule has 0 amide bonds. The summed E-state index contributed by atoms with van der Waals surface area (Å²) in [5, 5.41) is 13.1. The molecule has 0 aliphatic rings. The molecule has 1 aromatic carbocycles. The molecule has 118 valence electrons. The van der Waals surface area contributed by atoms with E-state index in [0.29, 0.717) is 23.3 Å². The van der Waals surface area contributed by atoms with Gasteiger partial charge >= 0.3 is 5.69 Å². The average Bonchev–Trinajstić information content (AvgIpc) is 2.73. The zero-order valence-corrected chi connectivity index (χ0v) is 13.1. The Morgan fingerprint density at radius 2 is 2.05 bits per heavy atom. The highest BCUT2D eigenvalue weighted by Gasteiger charge is 2.13. The lowest BCUT2D eigenvalue weighted by atomic mass is 10.1. The van der Waals surface area contributed by atoms with Crippen molar-refractivity contribution in [1.29, 1.82) is 0 Å². The standard InChI is InChI=1S/C14H21N3O3.ClH/c1-14(2,3)15-7-9(18)8-20-11-6-4-5-10-12(11)17-13(19)16-10;/h4-6,9,15,18H,7-8H2,1-3H3,(H2,16,17,19);1H/p-1. The Morgan fingerprint density at radius 3 is 2.71 bits per heavy atom. The van der Waals surface area contributed by atoms with Crippen LogP contribution in [0.2, 0.25) is 0 Å². The lowest BCUT2D eigenvalue weighted by molar-refractivity contribution is -0.00000654. The van der Waals surface area contributed by atoms with E-state index in [-0.39, 0.29) is 30.2 Å². The molecule has 1 atom stereocenters. The highest BCUT2D eigenvalue weighted by molar-refractivity contribution is 5.80. The van der Waals surface area contributed by atoms with E-state index in [1.807, 2.05) is 20.8 Å². The van der Waals surface area contributed by atoms with Gasteiger partial charge in [-0.3, -0.25) is 0 Å². The van der Waals surface area contributed by atoms with Crippen molar-refractivity contribution in [3.8, 4) is 5.75 Å². The molecule has 4 N–H and O–H groups in total. The number of fused-ring (bicyclic) bond motifs is 1. The normalized spacial score (nSPS) is 13.0. The van der Waals surface area contributed by atoms with Crippen molar-refractivity contribution in [2.75, 3.05) is 13.2 Å². The summed E-state index contributed by atoms with van der Waals surface area (Å²) >= 11 is 0. The number of hydrogen-bond acceptors (Lipinski definition) is 4. The van der Waals surface area contributed by atoms with E-state index >= 15 is 0 Å². The maximum Gasteiger partial charge on any atom is 0.323 e. The summed E-state index contributed by atoms with van der Waals surface area (Å²) < 4.78 is 5.58. The number of aliphatic hydroxyl groups excluding tert-OH is 1. The minimum absolute atomic E-state index is 0. The molecule has 1 heterocycles. The first-order valence-corrected chi connectivity index (χ1v) is 6.62. The van der Waals surface area contributed by atoms with E-state index in [0.717, 1.165) is 0 Å². The van der Waals surface area contributed by atoms with Gasteiger partial charge in [0.25, 0.3) is 0 Å². The Labute approximate surface area is 129 Å². The predicted octanol–water partition coefficient (Wildman–Crippen LogP) is -2.01. The van der Waals surface area contributed by atoms with Crippen LogP contribution in [0, 0.1) is 0 Å². The lowest BCUT2D eigenvalue weighted by Crippen LogP contribution is -3.00. The molecule has 2 aromatic rings. The van der Waals surface area contributed by atoms with Crippen molar-refractivity contribution in [1.82, 2.24) is 15.3 Å². The number of aliphatic hydroxyl groups is 1. The number of nitrogens with one attached hydrogen (secondary N) is 3. The molecule has 0 aliphatic carbocycles. The topological polar surface area (TPSA) is 90.1 Å². The van der Waals surface area contributed by atoms with Crippen LogP contribution in [-0.4, -0.2) is 39.9 Å². The Balaban J connectivity index is 0.00000220. The number of halogens is 1. The number of benzene rings is 1. The first-order valence-electron chi connectivity index (χ1n) is 6.62. The van der Waals surface area contributed by atoms with Crippen LogP contribution >= 0.6 is 0 Å². The number of H-pyrrole nitrogens is 2. The van der Waals surface area contributed by atoms with E-state index in [1.165, 1.54) is 0 Å². The van der Waals surface area contributed by atoms with Gasteiger partial charge in [-0.2, -0.15) is 0 Å². The van der Waals surface area contributed by atoms with Crippen LogP contribution in [0.3, 0.4) is 0 Å². The fourth-order valence-corrected chi connectivity index (χ4v) is 1.82. The summed E-state index contributed by atoms with van der Waals surface area (Å²) in [6.45, 7) is 6.71. The molecule has 0 radical (unpaired) electrons. The number of β-amino-alcohol motifs (C(OH)–C–C–N with tert-alkyl or cyclic N) is 1. The monoisotopic (exact) mass is 314 g/mol. The molecule has 1 aromatic heterocycles. The highest BCUT2D eigenvalue weighted by Crippen LogP contribution is 2.20. The molecule has 7 heteroatoms. The van der Waals surface area contributed by atoms with Crippen LogP contribution in [0.25, 0.3) is 11.0 Å². The second-order valence-electron chi connectivity index (χ2n) is 5.85. The molecule has 6 nitrogen and oxygen atoms in total. The van der Waals surface area contributed by atoms with E-state index < -0.39 is 6.10 Å². The van der Waals surface area contributed by atoms with Gasteiger partial charge in [-0.1, -0.05) is 6.07 Å². The quantitative estimate of drug-likeness (QED) is 0.513. The van der Waals surface area contributed by atoms with Crippen molar-refractivity contribution in [3.63, 3.8) is 0 Å². The first-order chi connectivity index (χ1) is 9.35. The maximum absolute atomic E-state index is 11.3. The third-order valence-corrected chi connectivity index (χ3v) is 2.81. The zero-order valence-electron chi connectivity index (χ0n) is 12.4. The SMILES string of the molecule is CC(C)(C)NCC(O)COc1cccc2[nH]c(=O)[nH]c12.[Cl-]. The van der Waals surface area contributed by atoms with Gasteiger partial charge in [-0.15, -0.1) is 0 Å². The van der Waals surface area contributed by atoms with Crippen LogP contribution in [0.5, 0.6) is 5.75 Å². The number of para-hydroxylation sites is 1. The Kier molecular flexibility index (Phi) is 5.83. The Bertz CT molecular complexity index is 630. The van der Waals surface area contributed by atoms with Gasteiger partial charge in [0.05, 0.1) is 5.52 Å². The number of aromatic nitrogens is 2. The molecule has 0 aliphatic heterocycles. The number of aromatic amines is 2. The minimum atomic E-state index is -0.616. The third-order valence-electron chi connectivity index (χ3n) is 2.81. The largest absolute Gasteiger partial charge is 1.00 e. The molecule has 1 unspecified atom stereocenters. The fraction of sp³-hybridized carbons (Fsp3) is 0.500. The van der Waals surface area contributed by atoms with Gasteiger partial charge in [0.2, 0.25) is 0 Å². The summed E-state index contributed by atoms with van der Waals surface area (Å²) in [5.74, 6) is 0.552. The van der Waals surface area contributed by atoms with Gasteiger partial charge in [0, 0.05) is 12.1 Å². The summed E-state index contributed by atoms with van der Waals surface area (Å²) in [4.78, 5) is 16.6. The molecular weight excluding hydrogens is 294 g/mol. The van der Waals surface area contributed by atoms with Gasteiger partial charge in [-0.05, 0) is 32.9 Å². The van der Waals surface area contributed by atoms with Gasteiger partial charge in [0.15, 0.2) is 0 Å². The molecule has 0 fully saturated rings. The summed E-state index contributed by atoms with van der Waals surface area (Å²) in [6, 6.07) is 5.34. The molecule has 21 heavy (non-hydrogen) atoms. The van der Waals surface area contributed by atoms with Crippen molar-refractivity contribution < 1.29 is 22.3 Å². The average molecular weight is 315 g/mol. The van der Waals surface area contributed by atoms with Crippen LogP contribution in [0.1, 0.15) is 20.8 Å². The van der Waals surface area contributed by atoms with Crippen molar-refractivity contribution in [2.24, 2.45) is 0 Å². The predicted molar refractivity (Wildman–Crippen MR) is 78.2 cm³/mol. The summed E-state index contributed by atoms with van der Waals surface area (Å²) in [5.41, 5.74) is 0.988. The number of hydrogen-bond donors (Lipinski definition) is 4. The smallest absolute Gasteiger partial charge is 0.323 e. The van der Waals surface area contributed by atoms with Crippen LogP contribution < -0.4 is 28.2 Å². The van der Waals surface area contributed by atoms with E-state index in [9.17, 15) is 9.90 Å². The maximum atomic E-state index is 11.3. The Hall–Kier alpha value is -1.50. The van der Waals surface area contributed by atoms with E-state index in [1.54, 1.807) is 18.2 Å². The molecular formula is C14H21ClN3O3-. The zero-order chi connectivity index (χ0) is 14.8. The summed E-state index contributed by atoms with van der Waals surface area (Å²) in [7, 11) is 0. The third kappa shape index (κ3) is 5.08. The minimum Gasteiger partial charge on any atom is -1.00 e. The van der Waals surface area contributed by atoms with Crippen LogP contribution in [0.4, 0.5) is 0 Å².